The van der Waals surface area contributed by atoms with E-state index >= 15 is 0 Å². The number of amides is 2. The Bertz CT molecular complexity index is 584. The summed E-state index contributed by atoms with van der Waals surface area (Å²) in [5.74, 6) is -0.117. The van der Waals surface area contributed by atoms with E-state index in [4.69, 9.17) is 5.73 Å². The summed E-state index contributed by atoms with van der Waals surface area (Å²) in [6.45, 7) is 3.97. The molecule has 2 fully saturated rings. The lowest BCUT2D eigenvalue weighted by Gasteiger charge is -2.32. The summed E-state index contributed by atoms with van der Waals surface area (Å²) in [4.78, 5) is 28.6. The molecule has 1 aromatic carbocycles. The van der Waals surface area contributed by atoms with Gasteiger partial charge in [-0.2, -0.15) is 0 Å². The molecule has 1 aromatic rings. The van der Waals surface area contributed by atoms with Gasteiger partial charge in [0.15, 0.2) is 0 Å². The molecule has 2 amide bonds. The van der Waals surface area contributed by atoms with E-state index in [-0.39, 0.29) is 23.8 Å². The van der Waals surface area contributed by atoms with E-state index in [9.17, 15) is 9.59 Å². The van der Waals surface area contributed by atoms with Crippen LogP contribution in [0.15, 0.2) is 24.3 Å². The van der Waals surface area contributed by atoms with Gasteiger partial charge in [-0.05, 0) is 37.0 Å². The average Bonchev–Trinajstić information content (AvgIpc) is 2.96. The second-order valence-electron chi connectivity index (χ2n) is 6.61. The fourth-order valence-corrected chi connectivity index (χ4v) is 3.50. The van der Waals surface area contributed by atoms with Gasteiger partial charge in [0, 0.05) is 37.8 Å². The van der Waals surface area contributed by atoms with Crippen LogP contribution in [0, 0.1) is 5.92 Å². The molecule has 5 heteroatoms. The number of benzene rings is 1. The number of nitrogens with zero attached hydrogens (tertiary/aromatic N) is 2. The third-order valence-electron chi connectivity index (χ3n) is 4.90. The Morgan fingerprint density at radius 2 is 2.00 bits per heavy atom. The molecule has 5 nitrogen and oxygen atoms in total. The maximum Gasteiger partial charge on any atom is 0.228 e. The first-order valence-electron chi connectivity index (χ1n) is 8.52. The highest BCUT2D eigenvalue weighted by molar-refractivity contribution is 6.00. The third-order valence-corrected chi connectivity index (χ3v) is 4.90. The predicted molar refractivity (Wildman–Crippen MR) is 90.1 cm³/mol. The molecule has 0 spiro atoms. The standard InChI is InChI=1S/C18H25N3O2/c1-2-13-5-7-16(8-6-13)21-11-14(10-17(21)22)18(23)20-9-3-4-15(19)12-20/h5-8,14-15H,2-4,9-12,19H2,1H3. The van der Waals surface area contributed by atoms with Gasteiger partial charge in [0.25, 0.3) is 0 Å². The quantitative estimate of drug-likeness (QED) is 0.920. The Balaban J connectivity index is 1.67. The number of aryl methyl sites for hydroxylation is 1. The number of piperidine rings is 1. The van der Waals surface area contributed by atoms with Gasteiger partial charge in [0.1, 0.15) is 0 Å². The van der Waals surface area contributed by atoms with Gasteiger partial charge in [-0.15, -0.1) is 0 Å². The Morgan fingerprint density at radius 3 is 2.65 bits per heavy atom. The van der Waals surface area contributed by atoms with E-state index < -0.39 is 0 Å². The molecule has 0 saturated carbocycles. The van der Waals surface area contributed by atoms with Crippen molar-refractivity contribution in [2.75, 3.05) is 24.5 Å². The fourth-order valence-electron chi connectivity index (χ4n) is 3.50. The normalized spacial score (nSPS) is 25.0. The molecule has 3 rings (SSSR count). The van der Waals surface area contributed by atoms with Crippen LogP contribution in [-0.4, -0.2) is 42.4 Å². The maximum absolute atomic E-state index is 12.7. The second kappa shape index (κ2) is 6.71. The molecule has 23 heavy (non-hydrogen) atoms. The van der Waals surface area contributed by atoms with E-state index in [0.29, 0.717) is 19.5 Å². The van der Waals surface area contributed by atoms with Crippen molar-refractivity contribution in [2.24, 2.45) is 11.7 Å². The summed E-state index contributed by atoms with van der Waals surface area (Å²) >= 11 is 0. The molecular weight excluding hydrogens is 290 g/mol. The van der Waals surface area contributed by atoms with E-state index in [2.05, 4.69) is 6.92 Å². The van der Waals surface area contributed by atoms with Gasteiger partial charge in [0.2, 0.25) is 11.8 Å². The van der Waals surface area contributed by atoms with Gasteiger partial charge < -0.3 is 15.5 Å². The first kappa shape index (κ1) is 16.0. The molecule has 0 radical (unpaired) electrons. The van der Waals surface area contributed by atoms with Crippen LogP contribution >= 0.6 is 0 Å². The molecule has 0 bridgehead atoms. The molecule has 0 aliphatic carbocycles. The van der Waals surface area contributed by atoms with Crippen molar-refractivity contribution < 1.29 is 9.59 Å². The van der Waals surface area contributed by atoms with Crippen LogP contribution < -0.4 is 10.6 Å². The van der Waals surface area contributed by atoms with Crippen molar-refractivity contribution in [1.82, 2.24) is 4.90 Å². The number of hydrogen-bond donors (Lipinski definition) is 1. The van der Waals surface area contributed by atoms with Crippen LogP contribution in [0.4, 0.5) is 5.69 Å². The molecule has 2 atom stereocenters. The lowest BCUT2D eigenvalue weighted by molar-refractivity contribution is -0.136. The number of anilines is 1. The van der Waals surface area contributed by atoms with Crippen molar-refractivity contribution in [2.45, 2.75) is 38.6 Å². The first-order valence-corrected chi connectivity index (χ1v) is 8.52. The summed E-state index contributed by atoms with van der Waals surface area (Å²) in [6, 6.07) is 8.10. The monoisotopic (exact) mass is 315 g/mol. The highest BCUT2D eigenvalue weighted by Gasteiger charge is 2.37. The van der Waals surface area contributed by atoms with Gasteiger partial charge >= 0.3 is 0 Å². The van der Waals surface area contributed by atoms with E-state index in [1.165, 1.54) is 5.56 Å². The third kappa shape index (κ3) is 3.39. The van der Waals surface area contributed by atoms with Gasteiger partial charge in [-0.3, -0.25) is 9.59 Å². The van der Waals surface area contributed by atoms with Crippen LogP contribution in [0.3, 0.4) is 0 Å². The van der Waals surface area contributed by atoms with Crippen molar-refractivity contribution in [1.29, 1.82) is 0 Å². The van der Waals surface area contributed by atoms with Crippen molar-refractivity contribution in [3.8, 4) is 0 Å². The number of likely N-dealkylation sites (tertiary alicyclic amines) is 1. The summed E-state index contributed by atoms with van der Waals surface area (Å²) in [7, 11) is 0. The Labute approximate surface area is 137 Å². The highest BCUT2D eigenvalue weighted by Crippen LogP contribution is 2.27. The molecule has 124 valence electrons. The number of carbonyl (C=O) groups is 2. The minimum atomic E-state index is -0.237. The maximum atomic E-state index is 12.7. The highest BCUT2D eigenvalue weighted by atomic mass is 16.2. The summed E-state index contributed by atoms with van der Waals surface area (Å²) in [6.07, 6.45) is 3.21. The van der Waals surface area contributed by atoms with E-state index in [0.717, 1.165) is 31.5 Å². The predicted octanol–water partition coefficient (Wildman–Crippen LogP) is 1.55. The fraction of sp³-hybridized carbons (Fsp3) is 0.556. The molecule has 2 unspecified atom stereocenters. The number of hydrogen-bond acceptors (Lipinski definition) is 3. The zero-order chi connectivity index (χ0) is 16.4. The van der Waals surface area contributed by atoms with Gasteiger partial charge in [0.05, 0.1) is 5.92 Å². The summed E-state index contributed by atoms with van der Waals surface area (Å²) in [5, 5.41) is 0. The molecular formula is C18H25N3O2. The Kier molecular flexibility index (Phi) is 4.66. The minimum absolute atomic E-state index is 0.0360. The molecule has 2 heterocycles. The molecule has 2 saturated heterocycles. The van der Waals surface area contributed by atoms with Gasteiger partial charge in [-0.1, -0.05) is 19.1 Å². The minimum Gasteiger partial charge on any atom is -0.341 e. The summed E-state index contributed by atoms with van der Waals surface area (Å²) in [5.41, 5.74) is 8.10. The lowest BCUT2D eigenvalue weighted by atomic mass is 10.0. The number of nitrogens with two attached hydrogens (primary N) is 1. The largest absolute Gasteiger partial charge is 0.341 e. The second-order valence-corrected chi connectivity index (χ2v) is 6.61. The lowest BCUT2D eigenvalue weighted by Crippen LogP contribution is -2.48. The Hall–Kier alpha value is -1.88. The Morgan fingerprint density at radius 1 is 1.26 bits per heavy atom. The van der Waals surface area contributed by atoms with Gasteiger partial charge in [-0.25, -0.2) is 0 Å². The van der Waals surface area contributed by atoms with Crippen LogP contribution in [0.5, 0.6) is 0 Å². The zero-order valence-electron chi connectivity index (χ0n) is 13.7. The van der Waals surface area contributed by atoms with Crippen LogP contribution in [0.25, 0.3) is 0 Å². The van der Waals surface area contributed by atoms with Crippen LogP contribution in [-0.2, 0) is 16.0 Å². The van der Waals surface area contributed by atoms with E-state index in [1.807, 2.05) is 29.2 Å². The summed E-state index contributed by atoms with van der Waals surface area (Å²) < 4.78 is 0. The van der Waals surface area contributed by atoms with E-state index in [1.54, 1.807) is 4.90 Å². The topological polar surface area (TPSA) is 66.6 Å². The molecule has 2 aliphatic rings. The number of carbonyl (C=O) groups excluding carboxylic acids is 2. The van der Waals surface area contributed by atoms with Crippen molar-refractivity contribution >= 4 is 17.5 Å². The SMILES string of the molecule is CCc1ccc(N2CC(C(=O)N3CCCC(N)C3)CC2=O)cc1. The first-order chi connectivity index (χ1) is 11.1. The van der Waals surface area contributed by atoms with Crippen molar-refractivity contribution in [3.05, 3.63) is 29.8 Å². The van der Waals surface area contributed by atoms with Crippen molar-refractivity contribution in [3.63, 3.8) is 0 Å². The molecule has 2 aliphatic heterocycles. The molecule has 2 N–H and O–H groups in total. The average molecular weight is 315 g/mol. The molecule has 0 aromatic heterocycles. The van der Waals surface area contributed by atoms with Crippen LogP contribution in [0.2, 0.25) is 0 Å². The number of rotatable bonds is 3. The van der Waals surface area contributed by atoms with Crippen LogP contribution in [0.1, 0.15) is 31.7 Å². The smallest absolute Gasteiger partial charge is 0.228 e. The zero-order valence-corrected chi connectivity index (χ0v) is 13.7.